The molecule has 2 aromatic carbocycles. The van der Waals surface area contributed by atoms with Gasteiger partial charge in [-0.2, -0.15) is 5.10 Å². The Morgan fingerprint density at radius 2 is 1.68 bits per heavy atom. The molecule has 0 unspecified atom stereocenters. The summed E-state index contributed by atoms with van der Waals surface area (Å²) in [6.07, 6.45) is 3.39. The van der Waals surface area contributed by atoms with Gasteiger partial charge in [-0.15, -0.1) is 0 Å². The lowest BCUT2D eigenvalue weighted by atomic mass is 10.2. The van der Waals surface area contributed by atoms with Crippen LogP contribution in [0.15, 0.2) is 76.4 Å². The molecule has 0 radical (unpaired) electrons. The van der Waals surface area contributed by atoms with Crippen molar-refractivity contribution in [2.45, 2.75) is 13.0 Å². The smallest absolute Gasteiger partial charge is 0.241 e. The topological polar surface area (TPSA) is 59.5 Å². The molecule has 0 aliphatic carbocycles. The van der Waals surface area contributed by atoms with Crippen LogP contribution >= 0.6 is 0 Å². The van der Waals surface area contributed by atoms with Crippen molar-refractivity contribution < 1.29 is 9.21 Å². The molecule has 0 spiro atoms. The molecule has 0 saturated heterocycles. The zero-order valence-electron chi connectivity index (χ0n) is 13.6. The van der Waals surface area contributed by atoms with Crippen molar-refractivity contribution in [2.75, 3.05) is 0 Å². The number of hydrogen-bond acceptors (Lipinski definition) is 3. The minimum Gasteiger partial charge on any atom is -0.463 e. The molecule has 0 aliphatic heterocycles. The monoisotopic (exact) mass is 331 g/mol. The molecule has 0 saturated carbocycles. The second-order valence-corrected chi connectivity index (χ2v) is 5.74. The van der Waals surface area contributed by atoms with Gasteiger partial charge in [-0.3, -0.25) is 4.79 Å². The first-order valence-electron chi connectivity index (χ1n) is 8.14. The van der Waals surface area contributed by atoms with Gasteiger partial charge in [0.1, 0.15) is 5.76 Å². The number of carbonyl (C=O) groups excluding carboxylic acids is 1. The number of rotatable bonds is 5. The van der Waals surface area contributed by atoms with Crippen molar-refractivity contribution >= 4 is 33.9 Å². The SMILES string of the molecule is O=C(CCn1c2ccccc2c2ccccc21)N/N=C\c1ccco1. The number of nitrogens with zero attached hydrogens (tertiary/aromatic N) is 2. The number of nitrogens with one attached hydrogen (secondary N) is 1. The summed E-state index contributed by atoms with van der Waals surface area (Å²) in [5.74, 6) is 0.465. The van der Waals surface area contributed by atoms with Crippen LogP contribution in [0.5, 0.6) is 0 Å². The third-order valence-corrected chi connectivity index (χ3v) is 4.17. The quantitative estimate of drug-likeness (QED) is 0.445. The summed E-state index contributed by atoms with van der Waals surface area (Å²) in [5.41, 5.74) is 4.81. The van der Waals surface area contributed by atoms with Gasteiger partial charge in [0.25, 0.3) is 0 Å². The summed E-state index contributed by atoms with van der Waals surface area (Å²) in [6.45, 7) is 0.593. The number of aryl methyl sites for hydroxylation is 1. The Labute approximate surface area is 144 Å². The van der Waals surface area contributed by atoms with Gasteiger partial charge < -0.3 is 8.98 Å². The highest BCUT2D eigenvalue weighted by molar-refractivity contribution is 6.08. The lowest BCUT2D eigenvalue weighted by molar-refractivity contribution is -0.121. The largest absolute Gasteiger partial charge is 0.463 e. The van der Waals surface area contributed by atoms with Crippen LogP contribution in [-0.4, -0.2) is 16.7 Å². The average Bonchev–Trinajstić information content (AvgIpc) is 3.26. The predicted molar refractivity (Wildman–Crippen MR) is 98.5 cm³/mol. The molecule has 1 amide bonds. The third-order valence-electron chi connectivity index (χ3n) is 4.17. The van der Waals surface area contributed by atoms with Gasteiger partial charge in [0.2, 0.25) is 5.91 Å². The normalized spacial score (nSPS) is 11.5. The molecule has 1 N–H and O–H groups in total. The van der Waals surface area contributed by atoms with Crippen molar-refractivity contribution in [3.05, 3.63) is 72.7 Å². The molecule has 5 nitrogen and oxygen atoms in total. The number of aromatic nitrogens is 1. The van der Waals surface area contributed by atoms with Crippen molar-refractivity contribution in [3.8, 4) is 0 Å². The highest BCUT2D eigenvalue weighted by Crippen LogP contribution is 2.28. The highest BCUT2D eigenvalue weighted by atomic mass is 16.3. The van der Waals surface area contributed by atoms with E-state index in [9.17, 15) is 4.79 Å². The van der Waals surface area contributed by atoms with E-state index in [2.05, 4.69) is 39.4 Å². The van der Waals surface area contributed by atoms with E-state index in [1.807, 2.05) is 24.3 Å². The zero-order valence-corrected chi connectivity index (χ0v) is 13.6. The number of carbonyl (C=O) groups is 1. The number of fused-ring (bicyclic) bond motifs is 3. The van der Waals surface area contributed by atoms with Crippen LogP contribution in [0, 0.1) is 0 Å². The van der Waals surface area contributed by atoms with E-state index < -0.39 is 0 Å². The number of hydrazone groups is 1. The van der Waals surface area contributed by atoms with Crippen LogP contribution < -0.4 is 5.43 Å². The molecule has 0 bridgehead atoms. The molecular formula is C20H17N3O2. The molecule has 5 heteroatoms. The Bertz CT molecular complexity index is 992. The Hall–Kier alpha value is -3.34. The van der Waals surface area contributed by atoms with Crippen molar-refractivity contribution in [2.24, 2.45) is 5.10 Å². The number of furan rings is 1. The Morgan fingerprint density at radius 1 is 1.00 bits per heavy atom. The number of amides is 1. The fourth-order valence-corrected chi connectivity index (χ4v) is 3.05. The van der Waals surface area contributed by atoms with Gasteiger partial charge >= 0.3 is 0 Å². The van der Waals surface area contributed by atoms with E-state index in [0.29, 0.717) is 18.7 Å². The summed E-state index contributed by atoms with van der Waals surface area (Å²) in [6, 6.07) is 20.1. The number of benzene rings is 2. The number of hydrogen-bond donors (Lipinski definition) is 1. The van der Waals surface area contributed by atoms with Gasteiger partial charge in [0.05, 0.1) is 12.5 Å². The molecule has 25 heavy (non-hydrogen) atoms. The minimum absolute atomic E-state index is 0.135. The van der Waals surface area contributed by atoms with Gasteiger partial charge in [0.15, 0.2) is 0 Å². The maximum atomic E-state index is 12.1. The fraction of sp³-hybridized carbons (Fsp3) is 0.100. The summed E-state index contributed by atoms with van der Waals surface area (Å²) in [4.78, 5) is 12.1. The van der Waals surface area contributed by atoms with Crippen molar-refractivity contribution in [1.29, 1.82) is 0 Å². The first kappa shape index (κ1) is 15.2. The van der Waals surface area contributed by atoms with Crippen LogP contribution in [0.25, 0.3) is 21.8 Å². The Morgan fingerprint density at radius 3 is 2.32 bits per heavy atom. The maximum absolute atomic E-state index is 12.1. The second kappa shape index (κ2) is 6.65. The summed E-state index contributed by atoms with van der Waals surface area (Å²) in [7, 11) is 0. The lowest BCUT2D eigenvalue weighted by Crippen LogP contribution is -2.19. The lowest BCUT2D eigenvalue weighted by Gasteiger charge is -2.06. The Kier molecular flexibility index (Phi) is 4.04. The molecular weight excluding hydrogens is 314 g/mol. The van der Waals surface area contributed by atoms with Crippen LogP contribution in [0.1, 0.15) is 12.2 Å². The van der Waals surface area contributed by atoms with Gasteiger partial charge in [0, 0.05) is 34.8 Å². The van der Waals surface area contributed by atoms with Crippen LogP contribution in [0.3, 0.4) is 0 Å². The molecule has 2 aromatic heterocycles. The van der Waals surface area contributed by atoms with E-state index in [4.69, 9.17) is 4.42 Å². The van der Waals surface area contributed by atoms with Gasteiger partial charge in [-0.1, -0.05) is 36.4 Å². The van der Waals surface area contributed by atoms with E-state index in [0.717, 1.165) is 11.0 Å². The number of para-hydroxylation sites is 2. The minimum atomic E-state index is -0.135. The highest BCUT2D eigenvalue weighted by Gasteiger charge is 2.10. The first-order chi connectivity index (χ1) is 12.3. The molecule has 0 fully saturated rings. The van der Waals surface area contributed by atoms with Crippen LogP contribution in [-0.2, 0) is 11.3 Å². The fourth-order valence-electron chi connectivity index (χ4n) is 3.05. The molecule has 0 aliphatic rings. The van der Waals surface area contributed by atoms with Crippen LogP contribution in [0.2, 0.25) is 0 Å². The van der Waals surface area contributed by atoms with Crippen molar-refractivity contribution in [1.82, 2.24) is 9.99 Å². The molecule has 124 valence electrons. The molecule has 4 aromatic rings. The first-order valence-corrected chi connectivity index (χ1v) is 8.14. The van der Waals surface area contributed by atoms with E-state index in [1.165, 1.54) is 17.0 Å². The van der Waals surface area contributed by atoms with E-state index >= 15 is 0 Å². The summed E-state index contributed by atoms with van der Waals surface area (Å²) < 4.78 is 7.31. The van der Waals surface area contributed by atoms with Crippen molar-refractivity contribution in [3.63, 3.8) is 0 Å². The summed E-state index contributed by atoms with van der Waals surface area (Å²) >= 11 is 0. The predicted octanol–water partition coefficient (Wildman–Crippen LogP) is 3.93. The van der Waals surface area contributed by atoms with E-state index in [-0.39, 0.29) is 5.91 Å². The standard InChI is InChI=1S/C20H17N3O2/c24-20(22-21-14-15-6-5-13-25-15)11-12-23-18-9-3-1-7-16(18)17-8-2-4-10-19(17)23/h1-10,13-14H,11-12H2,(H,22,24)/b21-14-. The third kappa shape index (κ3) is 3.04. The molecule has 2 heterocycles. The molecule has 4 rings (SSSR count). The zero-order chi connectivity index (χ0) is 17.1. The van der Waals surface area contributed by atoms with E-state index in [1.54, 1.807) is 18.4 Å². The molecule has 0 atom stereocenters. The van der Waals surface area contributed by atoms with Crippen LogP contribution in [0.4, 0.5) is 0 Å². The average molecular weight is 331 g/mol. The summed E-state index contributed by atoms with van der Waals surface area (Å²) in [5, 5.41) is 6.32. The Balaban J connectivity index is 1.51. The maximum Gasteiger partial charge on any atom is 0.241 e. The van der Waals surface area contributed by atoms with Gasteiger partial charge in [-0.05, 0) is 24.3 Å². The van der Waals surface area contributed by atoms with Gasteiger partial charge in [-0.25, -0.2) is 5.43 Å². The second-order valence-electron chi connectivity index (χ2n) is 5.74.